The predicted molar refractivity (Wildman–Crippen MR) is 179 cm³/mol. The highest BCUT2D eigenvalue weighted by molar-refractivity contribution is 5.98. The maximum atomic E-state index is 14.1. The van der Waals surface area contributed by atoms with E-state index in [1.54, 1.807) is 4.90 Å². The highest BCUT2D eigenvalue weighted by Crippen LogP contribution is 2.25. The standard InChI is InChI=1S/C36H53N5O5/c1-5-20-40-23-25(27-16-11-12-18-30(27)40)22-29-34(44)39-32(24(4)6-2)36(46)41-21-14-13-19-31(41)35(45)37-28(33(43)38-29)17-10-8-9-15-26(42)7-3/h11-12,16,18,23-24,28-29,31-32H,5-10,13-15,17,19-22H2,1-4H3,(H,37,45)(H,38,43)(H,39,44)/t24-,28-,29-,31+,32-/m0/s1. The number of benzene rings is 1. The van der Waals surface area contributed by atoms with Crippen molar-refractivity contribution in [2.45, 2.75) is 135 Å². The molecule has 0 spiro atoms. The lowest BCUT2D eigenvalue weighted by Gasteiger charge is -2.39. The summed E-state index contributed by atoms with van der Waals surface area (Å²) in [6.07, 6.45) is 9.49. The van der Waals surface area contributed by atoms with Gasteiger partial charge in [-0.15, -0.1) is 0 Å². The first kappa shape index (κ1) is 35.2. The van der Waals surface area contributed by atoms with Crippen molar-refractivity contribution in [2.24, 2.45) is 5.92 Å². The van der Waals surface area contributed by atoms with E-state index in [2.05, 4.69) is 39.7 Å². The molecule has 0 aliphatic carbocycles. The van der Waals surface area contributed by atoms with Crippen LogP contribution in [-0.4, -0.2) is 69.6 Å². The number of para-hydroxylation sites is 1. The van der Waals surface area contributed by atoms with E-state index in [1.165, 1.54) is 0 Å². The van der Waals surface area contributed by atoms with E-state index < -0.39 is 36.0 Å². The maximum absolute atomic E-state index is 14.1. The van der Waals surface area contributed by atoms with Crippen molar-refractivity contribution in [1.29, 1.82) is 0 Å². The van der Waals surface area contributed by atoms with Crippen LogP contribution in [0.4, 0.5) is 0 Å². The van der Waals surface area contributed by atoms with Crippen LogP contribution in [0.25, 0.3) is 10.9 Å². The molecule has 0 radical (unpaired) electrons. The number of carbonyl (C=O) groups is 5. The summed E-state index contributed by atoms with van der Waals surface area (Å²) in [7, 11) is 0. The first-order chi connectivity index (χ1) is 22.2. The highest BCUT2D eigenvalue weighted by Gasteiger charge is 2.40. The van der Waals surface area contributed by atoms with Gasteiger partial charge in [0.1, 0.15) is 30.0 Å². The molecule has 3 heterocycles. The Morgan fingerprint density at radius 1 is 0.913 bits per heavy atom. The molecule has 4 amide bonds. The summed E-state index contributed by atoms with van der Waals surface area (Å²) in [5.41, 5.74) is 2.00. The third-order valence-corrected chi connectivity index (χ3v) is 9.73. The zero-order valence-electron chi connectivity index (χ0n) is 28.1. The van der Waals surface area contributed by atoms with Gasteiger partial charge in [-0.2, -0.15) is 0 Å². The Balaban J connectivity index is 1.67. The number of nitrogens with one attached hydrogen (secondary N) is 3. The van der Waals surface area contributed by atoms with Crippen LogP contribution in [-0.2, 0) is 36.9 Å². The molecule has 0 bridgehead atoms. The SMILES string of the molecule is CCCn1cc(C[C@@H]2NC(=O)[C@H](CCCCCC(=O)CC)NC(=O)[C@H]3CCCCN3C(=O)[C@H]([C@@H](C)CC)NC2=O)c2ccccc21. The van der Waals surface area contributed by atoms with Crippen LogP contribution in [0, 0.1) is 5.92 Å². The molecule has 10 nitrogen and oxygen atoms in total. The molecule has 46 heavy (non-hydrogen) atoms. The van der Waals surface area contributed by atoms with Gasteiger partial charge >= 0.3 is 0 Å². The van der Waals surface area contributed by atoms with E-state index in [1.807, 2.05) is 39.0 Å². The molecule has 2 aromatic rings. The molecule has 1 aromatic carbocycles. The molecule has 2 aliphatic heterocycles. The fraction of sp³-hybridized carbons (Fsp3) is 0.639. The molecule has 2 saturated heterocycles. The molecule has 2 aliphatic rings. The monoisotopic (exact) mass is 635 g/mol. The van der Waals surface area contributed by atoms with Gasteiger partial charge in [-0.05, 0) is 56.1 Å². The predicted octanol–water partition coefficient (Wildman–Crippen LogP) is 4.42. The summed E-state index contributed by atoms with van der Waals surface area (Å²) in [4.78, 5) is 69.3. The summed E-state index contributed by atoms with van der Waals surface area (Å²) in [6.45, 7) is 9.14. The average Bonchev–Trinajstić information content (AvgIpc) is 3.41. The Morgan fingerprint density at radius 2 is 1.65 bits per heavy atom. The third-order valence-electron chi connectivity index (χ3n) is 9.73. The van der Waals surface area contributed by atoms with E-state index in [0.29, 0.717) is 45.1 Å². The van der Waals surface area contributed by atoms with Gasteiger partial charge < -0.3 is 25.4 Å². The zero-order chi connectivity index (χ0) is 33.2. The van der Waals surface area contributed by atoms with Gasteiger partial charge in [0.25, 0.3) is 0 Å². The average molecular weight is 636 g/mol. The van der Waals surface area contributed by atoms with E-state index in [0.717, 1.165) is 55.1 Å². The Hall–Kier alpha value is -3.69. The number of ketones is 1. The van der Waals surface area contributed by atoms with Crippen molar-refractivity contribution in [3.8, 4) is 0 Å². The number of rotatable bonds is 13. The number of Topliss-reactive ketones (excluding diaryl/α,β-unsaturated/α-hetero) is 1. The van der Waals surface area contributed by atoms with Crippen LogP contribution in [0.3, 0.4) is 0 Å². The number of unbranched alkanes of at least 4 members (excludes halogenated alkanes) is 2. The second-order valence-corrected chi connectivity index (χ2v) is 13.1. The number of carbonyl (C=O) groups excluding carboxylic acids is 5. The van der Waals surface area contributed by atoms with E-state index in [-0.39, 0.29) is 29.9 Å². The van der Waals surface area contributed by atoms with Crippen LogP contribution in [0.2, 0.25) is 0 Å². The lowest BCUT2D eigenvalue weighted by atomic mass is 9.93. The highest BCUT2D eigenvalue weighted by atomic mass is 16.2. The quantitative estimate of drug-likeness (QED) is 0.281. The third kappa shape index (κ3) is 8.56. The number of aryl methyl sites for hydroxylation is 1. The minimum Gasteiger partial charge on any atom is -0.347 e. The van der Waals surface area contributed by atoms with Gasteiger partial charge in [0.2, 0.25) is 23.6 Å². The molecule has 4 rings (SSSR count). The first-order valence-corrected chi connectivity index (χ1v) is 17.5. The number of amides is 4. The fourth-order valence-electron chi connectivity index (χ4n) is 6.76. The number of piperidine rings is 1. The lowest BCUT2D eigenvalue weighted by molar-refractivity contribution is -0.147. The van der Waals surface area contributed by atoms with Crippen LogP contribution < -0.4 is 16.0 Å². The van der Waals surface area contributed by atoms with Crippen molar-refractivity contribution < 1.29 is 24.0 Å². The van der Waals surface area contributed by atoms with E-state index >= 15 is 0 Å². The molecular formula is C36H53N5O5. The molecule has 2 fully saturated rings. The van der Waals surface area contributed by atoms with Crippen molar-refractivity contribution in [3.05, 3.63) is 36.0 Å². The van der Waals surface area contributed by atoms with Gasteiger partial charge in [-0.25, -0.2) is 0 Å². The normalized spacial score (nSPS) is 23.5. The van der Waals surface area contributed by atoms with Crippen molar-refractivity contribution in [3.63, 3.8) is 0 Å². The van der Waals surface area contributed by atoms with Gasteiger partial charge in [0.15, 0.2) is 0 Å². The number of fused-ring (bicyclic) bond motifs is 2. The minimum atomic E-state index is -0.953. The molecule has 10 heteroatoms. The zero-order valence-corrected chi connectivity index (χ0v) is 28.1. The Labute approximate surface area is 273 Å². The van der Waals surface area contributed by atoms with Gasteiger partial charge in [-0.3, -0.25) is 24.0 Å². The topological polar surface area (TPSA) is 130 Å². The molecule has 0 saturated carbocycles. The van der Waals surface area contributed by atoms with Crippen molar-refractivity contribution in [1.82, 2.24) is 25.4 Å². The van der Waals surface area contributed by atoms with Crippen LogP contribution in [0.15, 0.2) is 30.5 Å². The number of nitrogens with zero attached hydrogens (tertiary/aromatic N) is 2. The Bertz CT molecular complexity index is 1390. The Morgan fingerprint density at radius 3 is 2.39 bits per heavy atom. The molecule has 5 atom stereocenters. The summed E-state index contributed by atoms with van der Waals surface area (Å²) in [5, 5.41) is 10.0. The van der Waals surface area contributed by atoms with E-state index in [9.17, 15) is 24.0 Å². The molecule has 3 N–H and O–H groups in total. The molecular weight excluding hydrogens is 582 g/mol. The van der Waals surface area contributed by atoms with Gasteiger partial charge in [-0.1, -0.05) is 65.2 Å². The van der Waals surface area contributed by atoms with Crippen molar-refractivity contribution >= 4 is 40.3 Å². The smallest absolute Gasteiger partial charge is 0.246 e. The summed E-state index contributed by atoms with van der Waals surface area (Å²) in [5.74, 6) is -1.35. The number of hydrogen-bond acceptors (Lipinski definition) is 5. The van der Waals surface area contributed by atoms with Crippen LogP contribution >= 0.6 is 0 Å². The second-order valence-electron chi connectivity index (χ2n) is 13.1. The lowest BCUT2D eigenvalue weighted by Crippen LogP contribution is -2.64. The summed E-state index contributed by atoms with van der Waals surface area (Å²) < 4.78 is 2.17. The van der Waals surface area contributed by atoms with Crippen LogP contribution in [0.5, 0.6) is 0 Å². The van der Waals surface area contributed by atoms with Gasteiger partial charge in [0.05, 0.1) is 0 Å². The fourth-order valence-corrected chi connectivity index (χ4v) is 6.76. The van der Waals surface area contributed by atoms with Crippen LogP contribution in [0.1, 0.15) is 104 Å². The first-order valence-electron chi connectivity index (χ1n) is 17.5. The second kappa shape index (κ2) is 16.7. The number of hydrogen-bond donors (Lipinski definition) is 3. The largest absolute Gasteiger partial charge is 0.347 e. The molecule has 1 aromatic heterocycles. The number of aromatic nitrogens is 1. The molecule has 0 unspecified atom stereocenters. The minimum absolute atomic E-state index is 0.166. The summed E-state index contributed by atoms with van der Waals surface area (Å²) in [6, 6.07) is 4.72. The van der Waals surface area contributed by atoms with E-state index in [4.69, 9.17) is 0 Å². The Kier molecular flexibility index (Phi) is 12.8. The molecule has 252 valence electrons. The summed E-state index contributed by atoms with van der Waals surface area (Å²) >= 11 is 0. The van der Waals surface area contributed by atoms with Gasteiger partial charge in [0, 0.05) is 49.5 Å². The van der Waals surface area contributed by atoms with Crippen molar-refractivity contribution in [2.75, 3.05) is 6.54 Å². The maximum Gasteiger partial charge on any atom is 0.246 e.